The minimum atomic E-state index is -4.22. The van der Waals surface area contributed by atoms with Crippen LogP contribution in [0.2, 0.25) is 0 Å². The smallest absolute Gasteiger partial charge is 0.338 e. The van der Waals surface area contributed by atoms with Crippen LogP contribution in [0.5, 0.6) is 0 Å². The Labute approximate surface area is 873 Å². The van der Waals surface area contributed by atoms with Gasteiger partial charge in [0.25, 0.3) is 30.4 Å². The molecule has 12 aliphatic carbocycles. The van der Waals surface area contributed by atoms with Crippen molar-refractivity contribution in [3.8, 4) is 0 Å². The molecule has 149 heavy (non-hydrogen) atoms. The molecule has 0 aliphatic heterocycles. The average molecular weight is 2150 g/mol. The number of nitrogens with one attached hydrogen (secondary N) is 3. The predicted molar refractivity (Wildman–Crippen MR) is 548 cm³/mol. The van der Waals surface area contributed by atoms with Crippen LogP contribution in [0, 0.1) is 139 Å². The third-order valence-corrected chi connectivity index (χ3v) is 46.6. The molecule has 0 radical (unpaired) electrons. The number of esters is 3. The van der Waals surface area contributed by atoms with E-state index in [4.69, 9.17) is 27.9 Å². The molecule has 0 bridgehead atoms. The molecule has 3 amide bonds. The topological polar surface area (TPSA) is 560 Å². The molecule has 6 aromatic rings. The highest BCUT2D eigenvalue weighted by Crippen LogP contribution is 2.74. The summed E-state index contributed by atoms with van der Waals surface area (Å²) in [6.45, 7) is 18.6. The fourth-order valence-electron chi connectivity index (χ4n) is 33.2. The number of hydrogen-bond acceptors (Lipinski definition) is 28. The fraction of sp³-hybridized carbons (Fsp3) is 0.722. The van der Waals surface area contributed by atoms with E-state index in [9.17, 15) is 84.7 Å². The van der Waals surface area contributed by atoms with Crippen LogP contribution in [0.3, 0.4) is 0 Å². The number of fused-ring (bicyclic) bond motifs is 15. The van der Waals surface area contributed by atoms with Crippen LogP contribution in [0.4, 0.5) is 0 Å². The number of carbonyl (C=O) groups is 6. The van der Waals surface area contributed by atoms with Crippen LogP contribution in [0.1, 0.15) is 302 Å². The number of aliphatic hydroxyl groups excluding tert-OH is 6. The number of nitrogens with zero attached hydrogens (tertiary/aromatic N) is 9. The zero-order valence-electron chi connectivity index (χ0n) is 87.0. The highest BCUT2D eigenvalue weighted by atomic mass is 32.2. The van der Waals surface area contributed by atoms with Crippen LogP contribution < -0.4 is 31.9 Å². The Kier molecular flexibility index (Phi) is 31.9. The van der Waals surface area contributed by atoms with Crippen LogP contribution in [-0.4, -0.2) is 224 Å². The first kappa shape index (κ1) is 110. The monoisotopic (exact) mass is 2140 g/mol. The van der Waals surface area contributed by atoms with Gasteiger partial charge in [0.15, 0.2) is 7.14 Å². The summed E-state index contributed by atoms with van der Waals surface area (Å²) in [5.74, 6) is -3.31. The van der Waals surface area contributed by atoms with Gasteiger partial charge in [-0.1, -0.05) is 114 Å². The van der Waals surface area contributed by atoms with E-state index in [1.807, 2.05) is 14.0 Å². The first-order chi connectivity index (χ1) is 70.4. The minimum absolute atomic E-state index is 0.00896. The lowest BCUT2D eigenvalue weighted by molar-refractivity contribution is -0.204. The maximum Gasteiger partial charge on any atom is 0.338 e. The summed E-state index contributed by atoms with van der Waals surface area (Å²) in [7, 11) is -16.6. The molecule has 0 saturated heterocycles. The Morgan fingerprint density at radius 1 is 0.376 bits per heavy atom. The largest absolute Gasteiger partial charge is 0.455 e. The molecule has 3 heterocycles. The zero-order chi connectivity index (χ0) is 107. The number of ether oxygens (including phenoxy) is 3. The highest BCUT2D eigenvalue weighted by Gasteiger charge is 2.70. The average Bonchev–Trinajstić information content (AvgIpc) is 1.49. The fourth-order valence-corrected chi connectivity index (χ4v) is 36.9. The molecule has 12 N–H and O–H groups in total. The van der Waals surface area contributed by atoms with Crippen molar-refractivity contribution in [3.63, 3.8) is 0 Å². The van der Waals surface area contributed by atoms with Gasteiger partial charge in [-0.3, -0.25) is 28.0 Å². The SMILES string of the molecule is C[C@H](CCC(=O)NCCS(=O)(=O)O)[C@H]1CC[C@H]2[C@@H]3[C@H](O)C[C@@H]4C[C@@H](n5cc(COC(=O)c6ccc(P(=O)(c7ccc(C(=O)OCc8cn([C@H]9CC[C@@]%10(C)[C@@H](C9)C[C@@H](O)[C@@H]9[C@@H]%10C[C@H](O)[C@]%10(C)[C@@H]([C@H](C)CCC(=O)NCCS(=O)(=O)O)CC[C@@H]9%10)nn8)cc7)c7ccc(C(=O)OCc8cn([C@H]9CC[C@@]%10(C)[C@@H](C9)C[C@@H](O)[C@@H]9[C@@H]%10C[C@H](O)[C@]%10(C)[C@@H]([C@H](C)CCC(=O)NCCS(=O)(=O)O)CC[C@@H]9%10)nn8)cc7)cc6)nn5)CC[C@]4(C)[C@H]3C[C@H](O)[C@]12C. The second kappa shape index (κ2) is 43.1. The summed E-state index contributed by atoms with van der Waals surface area (Å²) < 4.78 is 134. The molecule has 0 unspecified atom stereocenters. The molecule has 3 aromatic heterocycles. The molecule has 12 aliphatic rings. The van der Waals surface area contributed by atoms with Crippen molar-refractivity contribution in [3.05, 3.63) is 125 Å². The van der Waals surface area contributed by atoms with Gasteiger partial charge in [0, 0.05) is 54.8 Å². The summed E-state index contributed by atoms with van der Waals surface area (Å²) in [5, 5.41) is 110. The van der Waals surface area contributed by atoms with E-state index in [2.05, 4.69) is 109 Å². The van der Waals surface area contributed by atoms with E-state index >= 15 is 4.57 Å². The quantitative estimate of drug-likeness (QED) is 0.00752. The third kappa shape index (κ3) is 21.8. The highest BCUT2D eigenvalue weighted by molar-refractivity contribution is 7.86. The molecule has 33 atom stereocenters. The lowest BCUT2D eigenvalue weighted by atomic mass is 9.43. The first-order valence-electron chi connectivity index (χ1n) is 54.3. The van der Waals surface area contributed by atoms with E-state index in [1.54, 1.807) is 55.0 Å². The maximum atomic E-state index is 16.5. The summed E-state index contributed by atoms with van der Waals surface area (Å²) in [6, 6.07) is 18.5. The number of aromatic nitrogens is 9. The van der Waals surface area contributed by atoms with Crippen molar-refractivity contribution in [2.75, 3.05) is 36.9 Å². The molecule has 41 heteroatoms. The van der Waals surface area contributed by atoms with Crippen molar-refractivity contribution >= 4 is 89.0 Å². The van der Waals surface area contributed by atoms with Crippen molar-refractivity contribution in [2.24, 2.45) is 139 Å². The van der Waals surface area contributed by atoms with Gasteiger partial charge in [-0.25, -0.2) is 28.4 Å². The molecule has 12 fully saturated rings. The Morgan fingerprint density at radius 2 is 0.631 bits per heavy atom. The molecule has 37 nitrogen and oxygen atoms in total. The van der Waals surface area contributed by atoms with Gasteiger partial charge < -0.3 is 65.4 Å². The van der Waals surface area contributed by atoms with Crippen molar-refractivity contribution < 1.29 is 117 Å². The second-order valence-corrected chi connectivity index (χ2v) is 56.1. The van der Waals surface area contributed by atoms with E-state index in [1.165, 1.54) is 36.4 Å². The number of hydrogen-bond donors (Lipinski definition) is 12. The summed E-state index contributed by atoms with van der Waals surface area (Å²) >= 11 is 0. The zero-order valence-corrected chi connectivity index (χ0v) is 90.3. The van der Waals surface area contributed by atoms with Gasteiger partial charge >= 0.3 is 17.9 Å². The van der Waals surface area contributed by atoms with Crippen LogP contribution in [-0.2, 0) is 83.3 Å². The summed E-state index contributed by atoms with van der Waals surface area (Å²) in [4.78, 5) is 80.6. The molecular formula is C108H153N12O25PS3. The maximum absolute atomic E-state index is 16.5. The summed E-state index contributed by atoms with van der Waals surface area (Å²) in [5.41, 5.74) is -0.248. The molecule has 12 saturated carbocycles. The molecule has 0 spiro atoms. The Balaban J connectivity index is 0.510. The van der Waals surface area contributed by atoms with E-state index < -0.39 is 126 Å². The second-order valence-electron chi connectivity index (χ2n) is 48.6. The van der Waals surface area contributed by atoms with Crippen molar-refractivity contribution in [1.29, 1.82) is 0 Å². The first-order valence-corrected chi connectivity index (χ1v) is 60.9. The lowest BCUT2D eigenvalue weighted by Crippen LogP contribution is -2.62. The Morgan fingerprint density at radius 3 is 0.879 bits per heavy atom. The van der Waals surface area contributed by atoms with E-state index in [0.717, 1.165) is 96.3 Å². The van der Waals surface area contributed by atoms with E-state index in [-0.39, 0.29) is 234 Å². The van der Waals surface area contributed by atoms with E-state index in [0.29, 0.717) is 90.8 Å². The van der Waals surface area contributed by atoms with Gasteiger partial charge in [-0.15, -0.1) is 15.3 Å². The standard InChI is InChI=1S/C108H153N12O25PS3/c1-61(10-31-94(127)109-40-43-147(134,135)136)79-25-28-82-97-85(52-91(124)106(79,82)7)103(4)37-34-73(46-67(103)49-88(97)121)118-55-70(112-115-118)58-143-100(130)64-13-19-76(20-14-64)146(133,77-21-15-65(16-22-77)101(131)144-59-71-56-119(116-113-71)74-35-38-104(5)68(47-74)50-89(122)98-83-29-26-80(107(83,8)92(125)53-86(98)104)62(2)11-32-95(128)110-41-44-148(137,138)139)78-23-17-66(18-24-78)102(132)145-60-72-57-120(117-114-72)75-36-39-105(6)69(48-75)51-90(123)99-84-30-27-81(108(84,9)93(126)54-87(99)105)63(3)12-33-96(129)111-42-45-149(140,141)142/h13-24,55-57,61-63,67-69,73-75,79-93,97-99,121-126H,10-12,25-54,58-60H2,1-9H3,(H,109,127)(H,110,128)(H,111,129)(H,134,135,136)(H,137,138,139)(H,140,141,142)/t61-,62-,63-,67+,68+,69+,73+,74+,75+,79-,80-,81-,82+,83+,84+,85+,86+,87+,88-,89-,90-,91+,92+,93+,97+,98+,99+,103+,104+,105+,106-,107-,108-/m1/s1. The Hall–Kier alpha value is -8.38. The molecular weight excluding hydrogens is 1990 g/mol. The van der Waals surface area contributed by atoms with Crippen LogP contribution in [0.15, 0.2) is 91.4 Å². The summed E-state index contributed by atoms with van der Waals surface area (Å²) in [6.07, 6.45) is 19.5. The van der Waals surface area contributed by atoms with Crippen LogP contribution in [0.25, 0.3) is 0 Å². The van der Waals surface area contributed by atoms with Crippen molar-refractivity contribution in [2.45, 2.75) is 310 Å². The molecule has 818 valence electrons. The van der Waals surface area contributed by atoms with Crippen LogP contribution >= 0.6 is 7.14 Å². The minimum Gasteiger partial charge on any atom is -0.455 e. The lowest BCUT2D eigenvalue weighted by Gasteiger charge is -2.63. The van der Waals surface area contributed by atoms with Gasteiger partial charge in [0.05, 0.1) is 107 Å². The van der Waals surface area contributed by atoms with Crippen molar-refractivity contribution in [1.82, 2.24) is 60.9 Å². The normalized spacial score (nSPS) is 36.3. The van der Waals surface area contributed by atoms with Gasteiger partial charge in [0.1, 0.15) is 36.9 Å². The number of amides is 3. The third-order valence-electron chi connectivity index (χ3n) is 41.3. The Bertz CT molecular complexity index is 5710. The number of rotatable bonds is 36. The predicted octanol–water partition coefficient (Wildman–Crippen LogP) is 10.9. The van der Waals surface area contributed by atoms with Gasteiger partial charge in [-0.2, -0.15) is 25.3 Å². The molecule has 18 rings (SSSR count). The number of aliphatic hydroxyl groups is 6. The molecule has 3 aromatic carbocycles. The number of carbonyl (C=O) groups excluding carboxylic acids is 6. The van der Waals surface area contributed by atoms with Gasteiger partial charge in [0.2, 0.25) is 17.7 Å². The van der Waals surface area contributed by atoms with Gasteiger partial charge in [-0.05, 0) is 330 Å². The number of benzene rings is 3.